The smallest absolute Gasteiger partial charge is 0.254 e. The maximum absolute atomic E-state index is 13.4. The molecule has 2 N–H and O–H groups in total. The average Bonchev–Trinajstić information content (AvgIpc) is 2.88. The first-order valence-electron chi connectivity index (χ1n) is 6.40. The number of nitrogens with one attached hydrogen (secondary N) is 1. The van der Waals surface area contributed by atoms with Crippen molar-refractivity contribution in [3.8, 4) is 0 Å². The molecule has 1 saturated carbocycles. The van der Waals surface area contributed by atoms with Crippen LogP contribution in [0, 0.1) is 17.0 Å². The minimum absolute atomic E-state index is 0.00108. The molecule has 1 fully saturated rings. The van der Waals surface area contributed by atoms with Crippen LogP contribution in [0.4, 0.5) is 8.78 Å². The molecule has 1 aliphatic rings. The number of carbonyl (C=O) groups excluding carboxylic acids is 1. The van der Waals surface area contributed by atoms with Crippen molar-refractivity contribution in [2.75, 3.05) is 13.2 Å². The quantitative estimate of drug-likeness (QED) is 0.880. The van der Waals surface area contributed by atoms with E-state index in [0.29, 0.717) is 0 Å². The summed E-state index contributed by atoms with van der Waals surface area (Å²) in [5.41, 5.74) is -0.606. The van der Waals surface area contributed by atoms with Gasteiger partial charge in [-0.05, 0) is 31.0 Å². The Morgan fingerprint density at radius 2 is 2.00 bits per heavy atom. The predicted molar refractivity (Wildman–Crippen MR) is 66.7 cm³/mol. The molecule has 3 nitrogen and oxygen atoms in total. The van der Waals surface area contributed by atoms with E-state index in [4.69, 9.17) is 0 Å². The Balaban J connectivity index is 2.03. The standard InChI is InChI=1S/C14H17F2NO2/c15-10-3-4-12(16)11(7-10)13(19)17-8-14(9-18)5-1-2-6-14/h3-4,7,18H,1-2,5-6,8-9H2,(H,17,19). The normalized spacial score (nSPS) is 17.4. The van der Waals surface area contributed by atoms with E-state index in [1.54, 1.807) is 0 Å². The van der Waals surface area contributed by atoms with Gasteiger partial charge in [-0.3, -0.25) is 4.79 Å². The highest BCUT2D eigenvalue weighted by molar-refractivity contribution is 5.94. The van der Waals surface area contributed by atoms with Crippen LogP contribution < -0.4 is 5.32 Å². The summed E-state index contributed by atoms with van der Waals surface area (Å²) >= 11 is 0. The van der Waals surface area contributed by atoms with E-state index in [9.17, 15) is 18.7 Å². The fourth-order valence-electron chi connectivity index (χ4n) is 2.55. The molecule has 0 aliphatic heterocycles. The Labute approximate surface area is 110 Å². The van der Waals surface area contributed by atoms with Crippen LogP contribution in [-0.2, 0) is 0 Å². The fourth-order valence-corrected chi connectivity index (χ4v) is 2.55. The van der Waals surface area contributed by atoms with E-state index in [-0.39, 0.29) is 24.1 Å². The summed E-state index contributed by atoms with van der Waals surface area (Å²) in [6, 6.07) is 2.78. The molecule has 0 atom stereocenters. The largest absolute Gasteiger partial charge is 0.396 e. The molecule has 0 saturated heterocycles. The zero-order valence-electron chi connectivity index (χ0n) is 10.6. The molecular formula is C14H17F2NO2. The summed E-state index contributed by atoms with van der Waals surface area (Å²) in [6.07, 6.45) is 3.72. The highest BCUT2D eigenvalue weighted by atomic mass is 19.1. The van der Waals surface area contributed by atoms with Crippen LogP contribution in [0.2, 0.25) is 0 Å². The predicted octanol–water partition coefficient (Wildman–Crippen LogP) is 2.25. The van der Waals surface area contributed by atoms with Gasteiger partial charge in [0, 0.05) is 12.0 Å². The van der Waals surface area contributed by atoms with E-state index in [0.717, 1.165) is 43.9 Å². The van der Waals surface area contributed by atoms with Gasteiger partial charge in [-0.15, -0.1) is 0 Å². The Bertz CT molecular complexity index is 471. The third-order valence-corrected chi connectivity index (χ3v) is 3.80. The Kier molecular flexibility index (Phi) is 4.14. The van der Waals surface area contributed by atoms with Gasteiger partial charge in [0.05, 0.1) is 12.2 Å². The molecule has 1 aromatic carbocycles. The molecule has 0 unspecified atom stereocenters. The number of halogens is 2. The molecule has 19 heavy (non-hydrogen) atoms. The van der Waals surface area contributed by atoms with Crippen LogP contribution in [0.15, 0.2) is 18.2 Å². The SMILES string of the molecule is O=C(NCC1(CO)CCCC1)c1cc(F)ccc1F. The Hall–Kier alpha value is -1.49. The second-order valence-corrected chi connectivity index (χ2v) is 5.17. The van der Waals surface area contributed by atoms with Crippen molar-refractivity contribution in [2.24, 2.45) is 5.41 Å². The van der Waals surface area contributed by atoms with Crippen LogP contribution >= 0.6 is 0 Å². The maximum Gasteiger partial charge on any atom is 0.254 e. The summed E-state index contributed by atoms with van der Waals surface area (Å²) in [5, 5.41) is 12.0. The summed E-state index contributed by atoms with van der Waals surface area (Å²) in [7, 11) is 0. The van der Waals surface area contributed by atoms with Gasteiger partial charge in [-0.25, -0.2) is 8.78 Å². The van der Waals surface area contributed by atoms with Crippen molar-refractivity contribution in [1.82, 2.24) is 5.32 Å². The first kappa shape index (κ1) is 13.9. The van der Waals surface area contributed by atoms with Crippen LogP contribution in [0.5, 0.6) is 0 Å². The summed E-state index contributed by atoms with van der Waals surface area (Å²) < 4.78 is 26.4. The minimum atomic E-state index is -0.747. The van der Waals surface area contributed by atoms with Gasteiger partial charge < -0.3 is 10.4 Å². The number of hydrogen-bond donors (Lipinski definition) is 2. The van der Waals surface area contributed by atoms with E-state index in [2.05, 4.69) is 5.32 Å². The number of carbonyl (C=O) groups is 1. The zero-order valence-corrected chi connectivity index (χ0v) is 10.6. The van der Waals surface area contributed by atoms with Crippen LogP contribution in [0.1, 0.15) is 36.0 Å². The third-order valence-electron chi connectivity index (χ3n) is 3.80. The van der Waals surface area contributed by atoms with E-state index < -0.39 is 17.5 Å². The van der Waals surface area contributed by atoms with Crippen molar-refractivity contribution in [2.45, 2.75) is 25.7 Å². The number of aliphatic hydroxyl groups excluding tert-OH is 1. The number of benzene rings is 1. The second kappa shape index (κ2) is 5.65. The topological polar surface area (TPSA) is 49.3 Å². The van der Waals surface area contributed by atoms with Gasteiger partial charge in [-0.2, -0.15) is 0 Å². The Morgan fingerprint density at radius 3 is 2.63 bits per heavy atom. The van der Waals surface area contributed by atoms with Crippen molar-refractivity contribution in [1.29, 1.82) is 0 Å². The third kappa shape index (κ3) is 3.10. The molecule has 1 aliphatic carbocycles. The lowest BCUT2D eigenvalue weighted by Gasteiger charge is -2.26. The summed E-state index contributed by atoms with van der Waals surface area (Å²) in [4.78, 5) is 11.8. The molecular weight excluding hydrogens is 252 g/mol. The van der Waals surface area contributed by atoms with Crippen LogP contribution in [0.25, 0.3) is 0 Å². The lowest BCUT2D eigenvalue weighted by molar-refractivity contribution is 0.0876. The molecule has 104 valence electrons. The molecule has 0 bridgehead atoms. The first-order valence-corrected chi connectivity index (χ1v) is 6.40. The summed E-state index contributed by atoms with van der Waals surface area (Å²) in [5.74, 6) is -2.04. The van der Waals surface area contributed by atoms with Gasteiger partial charge in [0.1, 0.15) is 11.6 Å². The van der Waals surface area contributed by atoms with E-state index in [1.807, 2.05) is 0 Å². The number of hydrogen-bond acceptors (Lipinski definition) is 2. The van der Waals surface area contributed by atoms with Crippen molar-refractivity contribution >= 4 is 5.91 Å². The monoisotopic (exact) mass is 269 g/mol. The van der Waals surface area contributed by atoms with Gasteiger partial charge in [0.2, 0.25) is 0 Å². The van der Waals surface area contributed by atoms with Crippen molar-refractivity contribution < 1.29 is 18.7 Å². The van der Waals surface area contributed by atoms with Gasteiger partial charge in [-0.1, -0.05) is 12.8 Å². The fraction of sp³-hybridized carbons (Fsp3) is 0.500. The molecule has 0 heterocycles. The molecule has 0 spiro atoms. The second-order valence-electron chi connectivity index (χ2n) is 5.17. The zero-order chi connectivity index (χ0) is 13.9. The molecule has 0 radical (unpaired) electrons. The lowest BCUT2D eigenvalue weighted by atomic mass is 9.87. The molecule has 1 amide bonds. The minimum Gasteiger partial charge on any atom is -0.396 e. The van der Waals surface area contributed by atoms with Gasteiger partial charge in [0.15, 0.2) is 0 Å². The highest BCUT2D eigenvalue weighted by Crippen LogP contribution is 2.36. The van der Waals surface area contributed by atoms with Gasteiger partial charge >= 0.3 is 0 Å². The van der Waals surface area contributed by atoms with Gasteiger partial charge in [0.25, 0.3) is 5.91 Å². The molecule has 0 aromatic heterocycles. The first-order chi connectivity index (χ1) is 9.06. The Morgan fingerprint density at radius 1 is 1.32 bits per heavy atom. The van der Waals surface area contributed by atoms with Crippen LogP contribution in [0.3, 0.4) is 0 Å². The maximum atomic E-state index is 13.4. The highest BCUT2D eigenvalue weighted by Gasteiger charge is 2.33. The lowest BCUT2D eigenvalue weighted by Crippen LogP contribution is -2.38. The van der Waals surface area contributed by atoms with Crippen LogP contribution in [-0.4, -0.2) is 24.2 Å². The molecule has 2 rings (SSSR count). The van der Waals surface area contributed by atoms with E-state index >= 15 is 0 Å². The van der Waals surface area contributed by atoms with E-state index in [1.165, 1.54) is 0 Å². The molecule has 5 heteroatoms. The molecule has 1 aromatic rings. The number of rotatable bonds is 4. The van der Waals surface area contributed by atoms with Crippen molar-refractivity contribution in [3.63, 3.8) is 0 Å². The van der Waals surface area contributed by atoms with Crippen molar-refractivity contribution in [3.05, 3.63) is 35.4 Å². The number of amides is 1. The summed E-state index contributed by atoms with van der Waals surface area (Å²) in [6.45, 7) is 0.289. The average molecular weight is 269 g/mol. The number of aliphatic hydroxyl groups is 1.